The van der Waals surface area contributed by atoms with Crippen LogP contribution in [0.25, 0.3) is 0 Å². The minimum Gasteiger partial charge on any atom is -0.496 e. The molecule has 1 aromatic carbocycles. The zero-order valence-electron chi connectivity index (χ0n) is 16.8. The maximum atomic E-state index is 11.7. The van der Waals surface area contributed by atoms with Crippen molar-refractivity contribution in [2.24, 2.45) is 5.73 Å². The number of ether oxygens (including phenoxy) is 2. The van der Waals surface area contributed by atoms with Crippen LogP contribution in [0.1, 0.15) is 56.5 Å². The fourth-order valence-electron chi connectivity index (χ4n) is 2.30. The first-order valence-corrected chi connectivity index (χ1v) is 8.93. The molecule has 2 aromatic rings. The van der Waals surface area contributed by atoms with Crippen molar-refractivity contribution in [1.29, 1.82) is 0 Å². The third kappa shape index (κ3) is 5.47. The predicted octanol–water partition coefficient (Wildman–Crippen LogP) is 3.54. The van der Waals surface area contributed by atoms with Crippen LogP contribution < -0.4 is 26.3 Å². The topological polar surface area (TPSA) is 125 Å². The summed E-state index contributed by atoms with van der Waals surface area (Å²) in [5.74, 6) is 1.27. The molecule has 0 aliphatic rings. The van der Waals surface area contributed by atoms with Crippen molar-refractivity contribution in [3.05, 3.63) is 29.5 Å². The van der Waals surface area contributed by atoms with Crippen LogP contribution in [0.15, 0.2) is 18.3 Å². The molecule has 0 bridgehead atoms. The summed E-state index contributed by atoms with van der Waals surface area (Å²) in [6.07, 6.45) is 1.48. The first-order valence-electron chi connectivity index (χ1n) is 8.93. The fraction of sp³-hybridized carbons (Fsp3) is 0.421. The van der Waals surface area contributed by atoms with Crippen LogP contribution in [0.5, 0.6) is 17.2 Å². The van der Waals surface area contributed by atoms with Crippen molar-refractivity contribution in [1.82, 2.24) is 9.97 Å². The molecule has 27 heavy (non-hydrogen) atoms. The average molecular weight is 375 g/mol. The van der Waals surface area contributed by atoms with Crippen LogP contribution in [0.3, 0.4) is 0 Å². The predicted molar refractivity (Wildman–Crippen MR) is 108 cm³/mol. The van der Waals surface area contributed by atoms with Gasteiger partial charge in [0.2, 0.25) is 5.95 Å². The van der Waals surface area contributed by atoms with Gasteiger partial charge in [-0.25, -0.2) is 4.98 Å². The van der Waals surface area contributed by atoms with Crippen LogP contribution in [-0.4, -0.2) is 29.5 Å². The molecule has 0 saturated heterocycles. The van der Waals surface area contributed by atoms with Crippen molar-refractivity contribution >= 4 is 17.7 Å². The number of hydrogen-bond donors (Lipinski definition) is 3. The molecule has 2 rings (SSSR count). The third-order valence-corrected chi connectivity index (χ3v) is 3.56. The van der Waals surface area contributed by atoms with Gasteiger partial charge in [0, 0.05) is 12.1 Å². The van der Waals surface area contributed by atoms with Crippen LogP contribution in [0, 0.1) is 0 Å². The van der Waals surface area contributed by atoms with Crippen LogP contribution in [-0.2, 0) is 0 Å². The number of anilines is 2. The highest BCUT2D eigenvalue weighted by atomic mass is 16.5. The van der Waals surface area contributed by atoms with E-state index >= 15 is 0 Å². The van der Waals surface area contributed by atoms with Crippen molar-refractivity contribution in [3.63, 3.8) is 0 Å². The summed E-state index contributed by atoms with van der Waals surface area (Å²) < 4.78 is 11.1. The Morgan fingerprint density at radius 1 is 1.22 bits per heavy atom. The van der Waals surface area contributed by atoms with Gasteiger partial charge >= 0.3 is 0 Å². The first-order chi connectivity index (χ1) is 12.9. The minimum absolute atomic E-state index is 0.119. The Kier molecular flexibility index (Phi) is 8.32. The molecule has 1 amide bonds. The monoisotopic (exact) mass is 375 g/mol. The second-order valence-electron chi connectivity index (χ2n) is 5.68. The molecule has 5 N–H and O–H groups in total. The highest BCUT2D eigenvalue weighted by Gasteiger charge is 2.19. The molecular formula is C19H29N5O3. The molecular weight excluding hydrogens is 346 g/mol. The van der Waals surface area contributed by atoms with E-state index in [1.807, 2.05) is 34.6 Å². The number of nitrogens with one attached hydrogen (secondary N) is 1. The van der Waals surface area contributed by atoms with Crippen molar-refractivity contribution < 1.29 is 14.3 Å². The SMILES string of the molecule is CC.CCNc1ncc(Oc2cc(C(N)=O)c(OC)cc2C(C)C)c(N)n1. The van der Waals surface area contributed by atoms with E-state index in [-0.39, 0.29) is 17.3 Å². The minimum atomic E-state index is -0.608. The highest BCUT2D eigenvalue weighted by Crippen LogP contribution is 2.37. The summed E-state index contributed by atoms with van der Waals surface area (Å²) in [4.78, 5) is 20.0. The molecule has 0 saturated carbocycles. The van der Waals surface area contributed by atoms with E-state index in [0.717, 1.165) is 5.56 Å². The molecule has 148 valence electrons. The largest absolute Gasteiger partial charge is 0.496 e. The van der Waals surface area contributed by atoms with E-state index in [0.29, 0.717) is 29.7 Å². The Labute approximate surface area is 160 Å². The van der Waals surface area contributed by atoms with E-state index < -0.39 is 5.91 Å². The van der Waals surface area contributed by atoms with Gasteiger partial charge in [-0.15, -0.1) is 0 Å². The molecule has 0 atom stereocenters. The molecule has 1 heterocycles. The van der Waals surface area contributed by atoms with E-state index in [1.165, 1.54) is 13.3 Å². The summed E-state index contributed by atoms with van der Waals surface area (Å²) in [5.41, 5.74) is 12.4. The number of nitrogen functional groups attached to an aromatic ring is 1. The van der Waals surface area contributed by atoms with Crippen molar-refractivity contribution in [2.75, 3.05) is 24.7 Å². The van der Waals surface area contributed by atoms with E-state index in [1.54, 1.807) is 12.1 Å². The molecule has 8 nitrogen and oxygen atoms in total. The first kappa shape index (κ1) is 22.0. The molecule has 0 radical (unpaired) electrons. The lowest BCUT2D eigenvalue weighted by Gasteiger charge is -2.17. The van der Waals surface area contributed by atoms with Crippen LogP contribution in [0.2, 0.25) is 0 Å². The summed E-state index contributed by atoms with van der Waals surface area (Å²) in [5, 5.41) is 2.97. The zero-order chi connectivity index (χ0) is 20.6. The maximum Gasteiger partial charge on any atom is 0.252 e. The van der Waals surface area contributed by atoms with Crippen molar-refractivity contribution in [2.45, 2.75) is 40.5 Å². The van der Waals surface area contributed by atoms with Gasteiger partial charge in [0.15, 0.2) is 11.6 Å². The van der Waals surface area contributed by atoms with E-state index in [4.69, 9.17) is 20.9 Å². The number of amides is 1. The number of benzene rings is 1. The average Bonchev–Trinajstić information content (AvgIpc) is 2.65. The summed E-state index contributed by atoms with van der Waals surface area (Å²) in [6, 6.07) is 3.29. The fourth-order valence-corrected chi connectivity index (χ4v) is 2.30. The molecule has 0 unspecified atom stereocenters. The Morgan fingerprint density at radius 2 is 1.89 bits per heavy atom. The van der Waals surface area contributed by atoms with E-state index in [2.05, 4.69) is 15.3 Å². The van der Waals surface area contributed by atoms with Gasteiger partial charge in [-0.1, -0.05) is 27.7 Å². The molecule has 1 aromatic heterocycles. The number of nitrogens with zero attached hydrogens (tertiary/aromatic N) is 2. The normalized spacial score (nSPS) is 10.0. The number of carbonyl (C=O) groups is 1. The smallest absolute Gasteiger partial charge is 0.252 e. The zero-order valence-corrected chi connectivity index (χ0v) is 16.8. The molecule has 8 heteroatoms. The van der Waals surface area contributed by atoms with Gasteiger partial charge in [-0.3, -0.25) is 4.79 Å². The number of aromatic nitrogens is 2. The Hall–Kier alpha value is -3.03. The number of hydrogen-bond acceptors (Lipinski definition) is 7. The lowest BCUT2D eigenvalue weighted by Crippen LogP contribution is -2.13. The van der Waals surface area contributed by atoms with Gasteiger partial charge in [0.05, 0.1) is 18.9 Å². The van der Waals surface area contributed by atoms with Crippen molar-refractivity contribution in [3.8, 4) is 17.2 Å². The standard InChI is InChI=1S/C17H23N5O3.C2H6/c1-5-20-17-21-8-14(15(18)22-17)25-13-7-11(16(19)23)12(24-4)6-10(13)9(2)3;1-2/h6-9H,5H2,1-4H3,(H2,19,23)(H3,18,20,21,22);1-2H3. The lowest BCUT2D eigenvalue weighted by atomic mass is 9.99. The number of primary amides is 1. The number of carbonyl (C=O) groups excluding carboxylic acids is 1. The Bertz CT molecular complexity index is 778. The molecule has 0 aliphatic carbocycles. The Morgan fingerprint density at radius 3 is 2.37 bits per heavy atom. The lowest BCUT2D eigenvalue weighted by molar-refractivity contribution is 0.0997. The number of rotatable bonds is 7. The second kappa shape index (κ2) is 10.2. The maximum absolute atomic E-state index is 11.7. The third-order valence-electron chi connectivity index (χ3n) is 3.56. The molecule has 0 spiro atoms. The van der Waals surface area contributed by atoms with Crippen LogP contribution in [0.4, 0.5) is 11.8 Å². The van der Waals surface area contributed by atoms with Gasteiger partial charge in [0.25, 0.3) is 5.91 Å². The van der Waals surface area contributed by atoms with Gasteiger partial charge in [-0.05, 0) is 25.0 Å². The van der Waals surface area contributed by atoms with Crippen LogP contribution >= 0.6 is 0 Å². The number of methoxy groups -OCH3 is 1. The summed E-state index contributed by atoms with van der Waals surface area (Å²) >= 11 is 0. The molecule has 0 fully saturated rings. The number of nitrogens with two attached hydrogens (primary N) is 2. The van der Waals surface area contributed by atoms with Gasteiger partial charge in [0.1, 0.15) is 11.5 Å². The van der Waals surface area contributed by atoms with E-state index in [9.17, 15) is 4.79 Å². The molecule has 0 aliphatic heterocycles. The quantitative estimate of drug-likeness (QED) is 0.675. The van der Waals surface area contributed by atoms with Gasteiger partial charge < -0.3 is 26.3 Å². The summed E-state index contributed by atoms with van der Waals surface area (Å²) in [6.45, 7) is 10.6. The summed E-state index contributed by atoms with van der Waals surface area (Å²) in [7, 11) is 1.48. The Balaban J connectivity index is 0.00000176. The highest BCUT2D eigenvalue weighted by molar-refractivity contribution is 5.96. The second-order valence-corrected chi connectivity index (χ2v) is 5.68. The van der Waals surface area contributed by atoms with Gasteiger partial charge in [-0.2, -0.15) is 4.98 Å².